The SMILES string of the molecule is CC(=O)O.CCCCCCCCCCCCCCCCCCN.C[N+](C)(C)CC(O)CCl.Cl. The molecule has 0 aromatic rings. The minimum atomic E-state index is -0.833. The van der Waals surface area contributed by atoms with Crippen molar-refractivity contribution in [1.82, 2.24) is 0 Å². The average Bonchev–Trinajstić information content (AvgIpc) is 2.69. The van der Waals surface area contributed by atoms with Gasteiger partial charge in [0.1, 0.15) is 12.6 Å². The molecule has 4 N–H and O–H groups in total. The third kappa shape index (κ3) is 54.4. The number of rotatable bonds is 19. The smallest absolute Gasteiger partial charge is 0.300 e. The number of aliphatic carboxylic acids is 1. The standard InChI is InChI=1S/C18H39N.C6H15ClNO.C2H4O2.ClH/c1-2-3-4-5-6-7-8-9-10-11-12-13-14-15-16-17-18-19;1-8(2,3)5-6(9)4-7;1-2(3)4;/h2-19H2,1H3;6,9H,4-5H2,1-3H3;1H3,(H,3,4);1H/q;+1;;. The maximum absolute atomic E-state index is 9.05. The van der Waals surface area contributed by atoms with Crippen molar-refractivity contribution in [1.29, 1.82) is 0 Å². The number of halogens is 2. The highest BCUT2D eigenvalue weighted by Gasteiger charge is 2.13. The molecule has 0 aliphatic rings. The lowest BCUT2D eigenvalue weighted by Gasteiger charge is -2.25. The van der Waals surface area contributed by atoms with Crippen LogP contribution in [0.2, 0.25) is 0 Å². The van der Waals surface area contributed by atoms with Crippen molar-refractivity contribution in [2.45, 2.75) is 123 Å². The van der Waals surface area contributed by atoms with Gasteiger partial charge in [0.15, 0.2) is 0 Å². The molecule has 0 saturated carbocycles. The van der Waals surface area contributed by atoms with Crippen molar-refractivity contribution >= 4 is 30.0 Å². The zero-order valence-corrected chi connectivity index (χ0v) is 24.2. The van der Waals surface area contributed by atoms with Crippen LogP contribution in [0.4, 0.5) is 0 Å². The fourth-order valence-corrected chi connectivity index (χ4v) is 3.47. The Kier molecular flexibility index (Phi) is 38.8. The van der Waals surface area contributed by atoms with Crippen LogP contribution in [0.25, 0.3) is 0 Å². The van der Waals surface area contributed by atoms with E-state index in [0.29, 0.717) is 12.4 Å². The Morgan fingerprint density at radius 2 is 1.06 bits per heavy atom. The van der Waals surface area contributed by atoms with Gasteiger partial charge < -0.3 is 20.4 Å². The molecule has 1 unspecified atom stereocenters. The molecule has 0 spiro atoms. The van der Waals surface area contributed by atoms with E-state index in [1.54, 1.807) is 0 Å². The summed E-state index contributed by atoms with van der Waals surface area (Å²) in [6.45, 7) is 4.96. The monoisotopic (exact) mass is 517 g/mol. The number of aliphatic hydroxyl groups is 1. The normalized spacial score (nSPS) is 11.4. The van der Waals surface area contributed by atoms with Crippen molar-refractivity contribution in [3.8, 4) is 0 Å². The first-order chi connectivity index (χ1) is 15.1. The molecule has 0 radical (unpaired) electrons. The molecule has 0 amide bonds. The summed E-state index contributed by atoms with van der Waals surface area (Å²) in [4.78, 5) is 9.00. The number of nitrogens with two attached hydrogens (primary N) is 1. The number of carboxylic acids is 1. The summed E-state index contributed by atoms with van der Waals surface area (Å²) in [5, 5.41) is 16.5. The first-order valence-corrected chi connectivity index (χ1v) is 13.6. The van der Waals surface area contributed by atoms with Crippen LogP contribution in [0, 0.1) is 0 Å². The lowest BCUT2D eigenvalue weighted by atomic mass is 10.0. The summed E-state index contributed by atoms with van der Waals surface area (Å²) >= 11 is 5.40. The molecule has 0 saturated heterocycles. The van der Waals surface area contributed by atoms with Gasteiger partial charge in [-0.1, -0.05) is 103 Å². The first-order valence-electron chi connectivity index (χ1n) is 13.0. The number of likely N-dealkylation sites (N-methyl/N-ethyl adjacent to an activating group) is 1. The summed E-state index contributed by atoms with van der Waals surface area (Å²) in [6, 6.07) is 0. The van der Waals surface area contributed by atoms with E-state index in [-0.39, 0.29) is 18.5 Å². The van der Waals surface area contributed by atoms with Crippen molar-refractivity contribution < 1.29 is 19.5 Å². The molecule has 0 bridgehead atoms. The lowest BCUT2D eigenvalue weighted by Crippen LogP contribution is -2.41. The van der Waals surface area contributed by atoms with Crippen molar-refractivity contribution in [2.75, 3.05) is 40.1 Å². The average molecular weight is 519 g/mol. The fourth-order valence-electron chi connectivity index (χ4n) is 3.37. The molecule has 0 aliphatic heterocycles. The third-order valence-corrected chi connectivity index (χ3v) is 5.35. The zero-order valence-electron chi connectivity index (χ0n) is 22.6. The van der Waals surface area contributed by atoms with E-state index in [4.69, 9.17) is 32.3 Å². The molecule has 0 aromatic heterocycles. The quantitative estimate of drug-likeness (QED) is 0.0975. The van der Waals surface area contributed by atoms with Gasteiger partial charge in [0.2, 0.25) is 0 Å². The van der Waals surface area contributed by atoms with E-state index in [9.17, 15) is 0 Å². The first kappa shape index (κ1) is 40.1. The van der Waals surface area contributed by atoms with Gasteiger partial charge in [0, 0.05) is 6.92 Å². The predicted molar refractivity (Wildman–Crippen MR) is 149 cm³/mol. The summed E-state index contributed by atoms with van der Waals surface area (Å²) < 4.78 is 0.758. The number of hydrogen-bond donors (Lipinski definition) is 3. The van der Waals surface area contributed by atoms with Crippen LogP contribution in [0.1, 0.15) is 117 Å². The predicted octanol–water partition coefficient (Wildman–Crippen LogP) is 7.01. The van der Waals surface area contributed by atoms with Crippen LogP contribution < -0.4 is 5.73 Å². The van der Waals surface area contributed by atoms with Gasteiger partial charge in [0.25, 0.3) is 5.97 Å². The molecule has 204 valence electrons. The number of carboxylic acid groups (broad SMARTS) is 1. The lowest BCUT2D eigenvalue weighted by molar-refractivity contribution is -0.873. The van der Waals surface area contributed by atoms with Crippen molar-refractivity contribution in [3.05, 3.63) is 0 Å². The Morgan fingerprint density at radius 1 is 0.788 bits per heavy atom. The second-order valence-corrected chi connectivity index (χ2v) is 10.2. The summed E-state index contributed by atoms with van der Waals surface area (Å²) in [7, 11) is 6.07. The largest absolute Gasteiger partial charge is 0.481 e. The van der Waals surface area contributed by atoms with E-state index >= 15 is 0 Å². The van der Waals surface area contributed by atoms with E-state index in [2.05, 4.69) is 6.92 Å². The van der Waals surface area contributed by atoms with Gasteiger partial charge in [-0.3, -0.25) is 4.79 Å². The van der Waals surface area contributed by atoms with Gasteiger partial charge in [-0.05, 0) is 13.0 Å². The van der Waals surface area contributed by atoms with E-state index in [1.807, 2.05) is 21.1 Å². The second kappa shape index (κ2) is 31.9. The van der Waals surface area contributed by atoms with Gasteiger partial charge in [0.05, 0.1) is 27.0 Å². The molecule has 1 atom stereocenters. The number of quaternary nitrogens is 1. The summed E-state index contributed by atoms with van der Waals surface area (Å²) in [5.74, 6) is -0.504. The Bertz CT molecular complexity index is 348. The number of aliphatic hydroxyl groups excluding tert-OH is 1. The highest BCUT2D eigenvalue weighted by molar-refractivity contribution is 6.18. The molecular formula is C26H59Cl2N2O3+. The maximum atomic E-state index is 9.05. The fraction of sp³-hybridized carbons (Fsp3) is 0.962. The number of nitrogens with zero attached hydrogens (tertiary/aromatic N) is 1. The Labute approximate surface area is 217 Å². The molecule has 7 heteroatoms. The number of carbonyl (C=O) groups is 1. The molecule has 0 aliphatic carbocycles. The van der Waals surface area contributed by atoms with Crippen molar-refractivity contribution in [3.63, 3.8) is 0 Å². The van der Waals surface area contributed by atoms with Gasteiger partial charge >= 0.3 is 0 Å². The van der Waals surface area contributed by atoms with Crippen LogP contribution in [-0.2, 0) is 4.79 Å². The minimum absolute atomic E-state index is 0. The van der Waals surface area contributed by atoms with E-state index < -0.39 is 5.97 Å². The molecule has 0 rings (SSSR count). The van der Waals surface area contributed by atoms with Gasteiger partial charge in [-0.25, -0.2) is 0 Å². The Balaban J connectivity index is -0.000000250. The van der Waals surface area contributed by atoms with Gasteiger partial charge in [-0.2, -0.15) is 0 Å². The van der Waals surface area contributed by atoms with Crippen LogP contribution >= 0.6 is 24.0 Å². The van der Waals surface area contributed by atoms with Crippen molar-refractivity contribution in [2.24, 2.45) is 5.73 Å². The summed E-state index contributed by atoms with van der Waals surface area (Å²) in [5.41, 5.74) is 5.48. The van der Waals surface area contributed by atoms with Crippen LogP contribution in [0.15, 0.2) is 0 Å². The van der Waals surface area contributed by atoms with Crippen LogP contribution in [0.3, 0.4) is 0 Å². The highest BCUT2D eigenvalue weighted by Crippen LogP contribution is 2.13. The summed E-state index contributed by atoms with van der Waals surface area (Å²) in [6.07, 6.45) is 22.5. The van der Waals surface area contributed by atoms with Crippen LogP contribution in [0.5, 0.6) is 0 Å². The van der Waals surface area contributed by atoms with E-state index in [1.165, 1.54) is 103 Å². The molecule has 5 nitrogen and oxygen atoms in total. The zero-order chi connectivity index (χ0) is 25.1. The molecule has 33 heavy (non-hydrogen) atoms. The molecule has 0 aromatic carbocycles. The number of hydrogen-bond acceptors (Lipinski definition) is 3. The Hall–Kier alpha value is -0.0700. The maximum Gasteiger partial charge on any atom is 0.300 e. The Morgan fingerprint density at radius 3 is 1.24 bits per heavy atom. The molecular weight excluding hydrogens is 459 g/mol. The second-order valence-electron chi connectivity index (χ2n) is 9.89. The highest BCUT2D eigenvalue weighted by atomic mass is 35.5. The molecule has 0 heterocycles. The van der Waals surface area contributed by atoms with E-state index in [0.717, 1.165) is 18.0 Å². The minimum Gasteiger partial charge on any atom is -0.481 e. The number of alkyl halides is 1. The topological polar surface area (TPSA) is 83.5 Å². The van der Waals surface area contributed by atoms with Gasteiger partial charge in [-0.15, -0.1) is 24.0 Å². The number of unbranched alkanes of at least 4 members (excludes halogenated alkanes) is 15. The third-order valence-electron chi connectivity index (χ3n) is 4.99. The van der Waals surface area contributed by atoms with Crippen LogP contribution in [-0.4, -0.2) is 66.9 Å². The molecule has 0 fully saturated rings.